The number of fused-ring (bicyclic) bond motifs is 1. The van der Waals surface area contributed by atoms with Gasteiger partial charge in [0.25, 0.3) is 0 Å². The topological polar surface area (TPSA) is 68.7 Å². The van der Waals surface area contributed by atoms with E-state index in [-0.39, 0.29) is 6.10 Å². The molecule has 5 rings (SSSR count). The van der Waals surface area contributed by atoms with E-state index in [1.54, 1.807) is 13.0 Å². The predicted octanol–water partition coefficient (Wildman–Crippen LogP) is 6.40. The fourth-order valence-electron chi connectivity index (χ4n) is 3.85. The lowest BCUT2D eigenvalue weighted by molar-refractivity contribution is -0.141. The monoisotopic (exact) mass is 463 g/mol. The Balaban J connectivity index is 0.000000846. The molecule has 1 saturated carbocycles. The van der Waals surface area contributed by atoms with Crippen molar-refractivity contribution in [2.45, 2.75) is 51.6 Å². The number of benzene rings is 2. The van der Waals surface area contributed by atoms with Gasteiger partial charge < -0.3 is 14.6 Å². The van der Waals surface area contributed by atoms with E-state index in [0.29, 0.717) is 17.9 Å². The molecular weight excluding hydrogens is 433 g/mol. The van der Waals surface area contributed by atoms with Gasteiger partial charge in [0.15, 0.2) is 0 Å². The molecular formula is C28H30FNO4. The number of halogens is 1. The van der Waals surface area contributed by atoms with Crippen molar-refractivity contribution < 1.29 is 23.8 Å². The van der Waals surface area contributed by atoms with Crippen molar-refractivity contribution >= 4 is 5.97 Å². The molecule has 1 aliphatic heterocycles. The average Bonchev–Trinajstić information content (AvgIpc) is 3.74. The number of rotatable bonds is 6. The zero-order valence-corrected chi connectivity index (χ0v) is 19.6. The zero-order chi connectivity index (χ0) is 24.1. The molecule has 2 unspecified atom stereocenters. The van der Waals surface area contributed by atoms with Crippen LogP contribution in [0.3, 0.4) is 0 Å². The molecule has 178 valence electrons. The summed E-state index contributed by atoms with van der Waals surface area (Å²) in [5.41, 5.74) is 4.27. The predicted molar refractivity (Wildman–Crippen MR) is 129 cm³/mol. The molecule has 2 aromatic carbocycles. The van der Waals surface area contributed by atoms with Crippen LogP contribution in [0.4, 0.5) is 4.39 Å². The summed E-state index contributed by atoms with van der Waals surface area (Å²) >= 11 is 0. The first-order valence-corrected chi connectivity index (χ1v) is 11.8. The van der Waals surface area contributed by atoms with Crippen LogP contribution in [0.5, 0.6) is 11.6 Å². The SMILES string of the molecule is C1CC1.COc1cc(-c2ccc(C3CCc4ccc(CC(C)C(=O)O)cc4O3)cc2)c(F)cn1. The van der Waals surface area contributed by atoms with Crippen LogP contribution in [-0.4, -0.2) is 23.2 Å². The number of aliphatic carboxylic acids is 1. The fraction of sp³-hybridized carbons (Fsp3) is 0.357. The van der Waals surface area contributed by atoms with Gasteiger partial charge in [0.2, 0.25) is 5.88 Å². The number of aromatic nitrogens is 1. The lowest BCUT2D eigenvalue weighted by atomic mass is 9.93. The number of nitrogens with zero attached hydrogens (tertiary/aromatic N) is 1. The molecule has 2 atom stereocenters. The number of hydrogen-bond donors (Lipinski definition) is 1. The van der Waals surface area contributed by atoms with Crippen molar-refractivity contribution in [3.8, 4) is 22.8 Å². The second kappa shape index (κ2) is 10.7. The van der Waals surface area contributed by atoms with Gasteiger partial charge in [-0.1, -0.05) is 62.6 Å². The van der Waals surface area contributed by atoms with Crippen molar-refractivity contribution in [2.24, 2.45) is 5.92 Å². The largest absolute Gasteiger partial charge is 0.485 e. The van der Waals surface area contributed by atoms with E-state index in [4.69, 9.17) is 14.6 Å². The molecule has 5 nitrogen and oxygen atoms in total. The van der Waals surface area contributed by atoms with Gasteiger partial charge in [0, 0.05) is 11.6 Å². The van der Waals surface area contributed by atoms with Crippen LogP contribution in [0, 0.1) is 11.7 Å². The first kappa shape index (κ1) is 23.7. The Hall–Kier alpha value is -3.41. The Labute approximate surface area is 199 Å². The van der Waals surface area contributed by atoms with E-state index in [1.807, 2.05) is 42.5 Å². The van der Waals surface area contributed by atoms with Gasteiger partial charge in [-0.3, -0.25) is 4.79 Å². The van der Waals surface area contributed by atoms with Crippen molar-refractivity contribution in [1.82, 2.24) is 4.98 Å². The molecule has 0 bridgehead atoms. The summed E-state index contributed by atoms with van der Waals surface area (Å²) in [7, 11) is 1.50. The molecule has 1 aliphatic carbocycles. The lowest BCUT2D eigenvalue weighted by Crippen LogP contribution is -2.16. The number of pyridine rings is 1. The van der Waals surface area contributed by atoms with E-state index in [0.717, 1.165) is 47.0 Å². The summed E-state index contributed by atoms with van der Waals surface area (Å²) in [6, 6.07) is 15.2. The second-order valence-corrected chi connectivity index (χ2v) is 8.92. The number of aryl methyl sites for hydroxylation is 1. The number of hydrogen-bond acceptors (Lipinski definition) is 4. The maximum atomic E-state index is 14.2. The molecule has 34 heavy (non-hydrogen) atoms. The number of carbonyl (C=O) groups is 1. The quantitative estimate of drug-likeness (QED) is 0.458. The molecule has 2 aliphatic rings. The van der Waals surface area contributed by atoms with Crippen molar-refractivity contribution in [3.63, 3.8) is 0 Å². The highest BCUT2D eigenvalue weighted by atomic mass is 19.1. The van der Waals surface area contributed by atoms with Gasteiger partial charge in [-0.15, -0.1) is 0 Å². The first-order valence-electron chi connectivity index (χ1n) is 11.8. The molecule has 0 radical (unpaired) electrons. The summed E-state index contributed by atoms with van der Waals surface area (Å²) in [6.45, 7) is 1.70. The van der Waals surface area contributed by atoms with Crippen molar-refractivity contribution in [3.05, 3.63) is 77.2 Å². The van der Waals surface area contributed by atoms with Gasteiger partial charge >= 0.3 is 5.97 Å². The summed E-state index contributed by atoms with van der Waals surface area (Å²) < 4.78 is 25.6. The minimum atomic E-state index is -0.806. The number of carboxylic acids is 1. The summed E-state index contributed by atoms with van der Waals surface area (Å²) in [4.78, 5) is 15.0. The van der Waals surface area contributed by atoms with E-state index in [1.165, 1.54) is 26.4 Å². The molecule has 1 fully saturated rings. The molecule has 3 aromatic rings. The average molecular weight is 464 g/mol. The Morgan fingerprint density at radius 1 is 1.18 bits per heavy atom. The Bertz CT molecular complexity index is 1140. The van der Waals surface area contributed by atoms with Gasteiger partial charge in [0.05, 0.1) is 19.2 Å². The zero-order valence-electron chi connectivity index (χ0n) is 19.6. The number of ether oxygens (including phenoxy) is 2. The molecule has 0 saturated heterocycles. The van der Waals surface area contributed by atoms with E-state index >= 15 is 0 Å². The maximum Gasteiger partial charge on any atom is 0.306 e. The first-order chi connectivity index (χ1) is 16.4. The fourth-order valence-corrected chi connectivity index (χ4v) is 3.85. The Kier molecular flexibility index (Phi) is 7.46. The second-order valence-electron chi connectivity index (χ2n) is 8.92. The highest BCUT2D eigenvalue weighted by Gasteiger charge is 2.22. The summed E-state index contributed by atoms with van der Waals surface area (Å²) in [5, 5.41) is 9.16. The third kappa shape index (κ3) is 5.93. The summed E-state index contributed by atoms with van der Waals surface area (Å²) in [6.07, 6.45) is 7.74. The van der Waals surface area contributed by atoms with Crippen LogP contribution in [0.15, 0.2) is 54.7 Å². The number of carboxylic acid groups (broad SMARTS) is 1. The summed E-state index contributed by atoms with van der Waals surface area (Å²) in [5.74, 6) is -0.488. The van der Waals surface area contributed by atoms with Crippen LogP contribution < -0.4 is 9.47 Å². The molecule has 0 spiro atoms. The molecule has 1 aromatic heterocycles. The number of methoxy groups -OCH3 is 1. The smallest absolute Gasteiger partial charge is 0.306 e. The molecule has 2 heterocycles. The van der Waals surface area contributed by atoms with E-state index in [2.05, 4.69) is 4.98 Å². The van der Waals surface area contributed by atoms with Gasteiger partial charge in [-0.25, -0.2) is 9.37 Å². The van der Waals surface area contributed by atoms with E-state index < -0.39 is 17.7 Å². The van der Waals surface area contributed by atoms with Crippen LogP contribution in [-0.2, 0) is 17.6 Å². The third-order valence-electron chi connectivity index (χ3n) is 6.03. The van der Waals surface area contributed by atoms with Crippen LogP contribution in [0.25, 0.3) is 11.1 Å². The lowest BCUT2D eigenvalue weighted by Gasteiger charge is -2.27. The molecule has 6 heteroatoms. The third-order valence-corrected chi connectivity index (χ3v) is 6.03. The standard InChI is InChI=1S/C25H24FNO4.C3H6/c1-15(25(28)29)11-16-3-4-19-9-10-22(31-23(19)12-16)18-7-5-17(6-8-18)20-13-24(30-2)27-14-21(20)26;1-2-3-1/h3-8,12-15,22H,9-11H2,1-2H3,(H,28,29);1-3H2. The molecule has 1 N–H and O–H groups in total. The van der Waals surface area contributed by atoms with Crippen molar-refractivity contribution in [1.29, 1.82) is 0 Å². The normalized spacial score (nSPS) is 16.9. The highest BCUT2D eigenvalue weighted by molar-refractivity contribution is 5.70. The van der Waals surface area contributed by atoms with Crippen LogP contribution in [0.2, 0.25) is 0 Å². The Morgan fingerprint density at radius 3 is 2.56 bits per heavy atom. The van der Waals surface area contributed by atoms with Gasteiger partial charge in [-0.2, -0.15) is 0 Å². The highest BCUT2D eigenvalue weighted by Crippen LogP contribution is 2.36. The van der Waals surface area contributed by atoms with E-state index in [9.17, 15) is 9.18 Å². The Morgan fingerprint density at radius 2 is 1.91 bits per heavy atom. The minimum Gasteiger partial charge on any atom is -0.485 e. The minimum absolute atomic E-state index is 0.106. The molecule has 0 amide bonds. The van der Waals surface area contributed by atoms with Crippen LogP contribution in [0.1, 0.15) is 55.4 Å². The van der Waals surface area contributed by atoms with Gasteiger partial charge in [-0.05, 0) is 47.6 Å². The van der Waals surface area contributed by atoms with Gasteiger partial charge in [0.1, 0.15) is 17.7 Å². The maximum absolute atomic E-state index is 14.2. The van der Waals surface area contributed by atoms with Crippen LogP contribution >= 0.6 is 0 Å². The van der Waals surface area contributed by atoms with Crippen molar-refractivity contribution in [2.75, 3.05) is 7.11 Å².